The Morgan fingerprint density at radius 1 is 1.30 bits per heavy atom. The predicted molar refractivity (Wildman–Crippen MR) is 76.8 cm³/mol. The molecule has 0 spiro atoms. The highest BCUT2D eigenvalue weighted by molar-refractivity contribution is 7.89. The summed E-state index contributed by atoms with van der Waals surface area (Å²) in [6.45, 7) is 7.68. The third-order valence-electron chi connectivity index (χ3n) is 2.69. The molecule has 0 aliphatic carbocycles. The van der Waals surface area contributed by atoms with Gasteiger partial charge in [0.15, 0.2) is 10.8 Å². The molecule has 1 aromatic heterocycles. The van der Waals surface area contributed by atoms with Crippen LogP contribution >= 0.6 is 0 Å². The van der Waals surface area contributed by atoms with Crippen molar-refractivity contribution in [3.63, 3.8) is 0 Å². The van der Waals surface area contributed by atoms with E-state index in [1.54, 1.807) is 19.9 Å². The van der Waals surface area contributed by atoms with Crippen LogP contribution in [0, 0.1) is 5.92 Å². The van der Waals surface area contributed by atoms with E-state index in [2.05, 4.69) is 10.3 Å². The molecule has 7 heteroatoms. The first-order chi connectivity index (χ1) is 9.12. The molecule has 1 heterocycles. The number of nitrogens with two attached hydrogens (primary N) is 1. The van der Waals surface area contributed by atoms with E-state index in [0.717, 1.165) is 0 Å². The van der Waals surface area contributed by atoms with E-state index in [0.29, 0.717) is 12.1 Å². The number of carbonyl (C=O) groups is 1. The van der Waals surface area contributed by atoms with Gasteiger partial charge in [-0.25, -0.2) is 18.5 Å². The maximum atomic E-state index is 11.9. The van der Waals surface area contributed by atoms with Crippen molar-refractivity contribution in [3.05, 3.63) is 23.4 Å². The van der Waals surface area contributed by atoms with Gasteiger partial charge in [-0.2, -0.15) is 0 Å². The van der Waals surface area contributed by atoms with Gasteiger partial charge in [0.1, 0.15) is 5.69 Å². The molecule has 0 saturated carbocycles. The maximum Gasteiger partial charge on any atom is 0.255 e. The average molecular weight is 299 g/mol. The fourth-order valence-corrected chi connectivity index (χ4v) is 2.33. The number of hydrogen-bond donors (Lipinski definition) is 2. The van der Waals surface area contributed by atoms with Crippen molar-refractivity contribution in [1.29, 1.82) is 0 Å². The smallest absolute Gasteiger partial charge is 0.255 e. The Labute approximate surface area is 119 Å². The number of ketones is 1. The minimum atomic E-state index is -3.97. The number of sulfonamides is 1. The fourth-order valence-electron chi connectivity index (χ4n) is 1.60. The highest BCUT2D eigenvalue weighted by Crippen LogP contribution is 2.15. The van der Waals surface area contributed by atoms with Gasteiger partial charge in [0.2, 0.25) is 0 Å². The molecule has 0 unspecified atom stereocenters. The van der Waals surface area contributed by atoms with E-state index in [4.69, 9.17) is 5.14 Å². The van der Waals surface area contributed by atoms with Crippen LogP contribution in [-0.4, -0.2) is 25.2 Å². The van der Waals surface area contributed by atoms with Crippen molar-refractivity contribution in [2.24, 2.45) is 11.1 Å². The van der Waals surface area contributed by atoms with Crippen molar-refractivity contribution >= 4 is 15.8 Å². The molecule has 0 fully saturated rings. The highest BCUT2D eigenvalue weighted by atomic mass is 32.2. The molecule has 20 heavy (non-hydrogen) atoms. The second kappa shape index (κ2) is 6.43. The number of pyridine rings is 1. The SMILES string of the molecule is CC(C)NCc1ccc(C(=O)C(C)C)nc1S(N)(=O)=O. The number of primary sulfonamides is 1. The molecule has 0 aliphatic rings. The van der Waals surface area contributed by atoms with Crippen LogP contribution < -0.4 is 10.5 Å². The summed E-state index contributed by atoms with van der Waals surface area (Å²) in [7, 11) is -3.97. The largest absolute Gasteiger partial charge is 0.310 e. The number of rotatable bonds is 6. The number of aromatic nitrogens is 1. The van der Waals surface area contributed by atoms with E-state index < -0.39 is 10.0 Å². The first kappa shape index (κ1) is 16.7. The van der Waals surface area contributed by atoms with Gasteiger partial charge in [0.25, 0.3) is 10.0 Å². The molecule has 0 aliphatic heterocycles. The van der Waals surface area contributed by atoms with Gasteiger partial charge in [-0.15, -0.1) is 0 Å². The van der Waals surface area contributed by atoms with Crippen LogP contribution in [0.5, 0.6) is 0 Å². The van der Waals surface area contributed by atoms with Crippen LogP contribution in [0.4, 0.5) is 0 Å². The molecule has 112 valence electrons. The standard InChI is InChI=1S/C13H21N3O3S/c1-8(2)12(17)11-6-5-10(7-15-9(3)4)13(16-11)20(14,18)19/h5-6,8-9,15H,7H2,1-4H3,(H2,14,18,19). The van der Waals surface area contributed by atoms with Gasteiger partial charge in [-0.05, 0) is 6.07 Å². The highest BCUT2D eigenvalue weighted by Gasteiger charge is 2.20. The van der Waals surface area contributed by atoms with E-state index in [1.165, 1.54) is 6.07 Å². The fraction of sp³-hybridized carbons (Fsp3) is 0.538. The Bertz CT molecular complexity index is 595. The first-order valence-electron chi connectivity index (χ1n) is 6.43. The van der Waals surface area contributed by atoms with E-state index >= 15 is 0 Å². The second-order valence-electron chi connectivity index (χ2n) is 5.26. The van der Waals surface area contributed by atoms with Crippen molar-refractivity contribution in [1.82, 2.24) is 10.3 Å². The zero-order valence-electron chi connectivity index (χ0n) is 12.2. The lowest BCUT2D eigenvalue weighted by Gasteiger charge is -2.12. The monoisotopic (exact) mass is 299 g/mol. The summed E-state index contributed by atoms with van der Waals surface area (Å²) in [5, 5.41) is 8.04. The summed E-state index contributed by atoms with van der Waals surface area (Å²) in [6.07, 6.45) is 0. The average Bonchev–Trinajstić information content (AvgIpc) is 2.33. The van der Waals surface area contributed by atoms with Gasteiger partial charge in [-0.3, -0.25) is 4.79 Å². The van der Waals surface area contributed by atoms with Gasteiger partial charge >= 0.3 is 0 Å². The van der Waals surface area contributed by atoms with Gasteiger partial charge < -0.3 is 5.32 Å². The van der Waals surface area contributed by atoms with Crippen LogP contribution in [-0.2, 0) is 16.6 Å². The summed E-state index contributed by atoms with van der Waals surface area (Å²) in [4.78, 5) is 15.8. The Balaban J connectivity index is 3.24. The van der Waals surface area contributed by atoms with Crippen LogP contribution in [0.3, 0.4) is 0 Å². The van der Waals surface area contributed by atoms with Crippen LogP contribution in [0.15, 0.2) is 17.2 Å². The van der Waals surface area contributed by atoms with Crippen molar-refractivity contribution < 1.29 is 13.2 Å². The molecular weight excluding hydrogens is 278 g/mol. The molecule has 0 amide bonds. The van der Waals surface area contributed by atoms with Crippen molar-refractivity contribution in [2.45, 2.75) is 45.3 Å². The molecule has 1 aromatic rings. The molecule has 0 radical (unpaired) electrons. The third kappa shape index (κ3) is 4.36. The zero-order chi connectivity index (χ0) is 15.5. The lowest BCUT2D eigenvalue weighted by Crippen LogP contribution is -2.25. The summed E-state index contributed by atoms with van der Waals surface area (Å²) in [5.41, 5.74) is 0.582. The number of carbonyl (C=O) groups excluding carboxylic acids is 1. The van der Waals surface area contributed by atoms with Crippen LogP contribution in [0.2, 0.25) is 0 Å². The first-order valence-corrected chi connectivity index (χ1v) is 7.98. The van der Waals surface area contributed by atoms with Crippen molar-refractivity contribution in [2.75, 3.05) is 0 Å². The number of Topliss-reactive ketones (excluding diaryl/α,β-unsaturated/α-hetero) is 1. The lowest BCUT2D eigenvalue weighted by atomic mass is 10.1. The molecule has 0 atom stereocenters. The van der Waals surface area contributed by atoms with Crippen molar-refractivity contribution in [3.8, 4) is 0 Å². The zero-order valence-corrected chi connectivity index (χ0v) is 13.0. The Hall–Kier alpha value is -1.31. The van der Waals surface area contributed by atoms with Crippen LogP contribution in [0.25, 0.3) is 0 Å². The van der Waals surface area contributed by atoms with Gasteiger partial charge in [0, 0.05) is 24.1 Å². The third-order valence-corrected chi connectivity index (χ3v) is 3.58. The Morgan fingerprint density at radius 3 is 2.35 bits per heavy atom. The second-order valence-corrected chi connectivity index (χ2v) is 6.74. The van der Waals surface area contributed by atoms with E-state index in [9.17, 15) is 13.2 Å². The number of nitrogens with one attached hydrogen (secondary N) is 1. The minimum absolute atomic E-state index is 0.123. The molecule has 0 bridgehead atoms. The molecule has 0 aromatic carbocycles. The summed E-state index contributed by atoms with van der Waals surface area (Å²) < 4.78 is 23.2. The number of hydrogen-bond acceptors (Lipinski definition) is 5. The van der Waals surface area contributed by atoms with E-state index in [-0.39, 0.29) is 28.5 Å². The molecule has 0 saturated heterocycles. The quantitative estimate of drug-likeness (QED) is 0.765. The Morgan fingerprint density at radius 2 is 1.90 bits per heavy atom. The lowest BCUT2D eigenvalue weighted by molar-refractivity contribution is 0.0933. The Kier molecular flexibility index (Phi) is 5.38. The minimum Gasteiger partial charge on any atom is -0.310 e. The molecule has 6 nitrogen and oxygen atoms in total. The normalized spacial score (nSPS) is 12.2. The summed E-state index contributed by atoms with van der Waals surface area (Å²) in [6, 6.07) is 3.31. The molecular formula is C13H21N3O3S. The van der Waals surface area contributed by atoms with Crippen LogP contribution in [0.1, 0.15) is 43.7 Å². The molecule has 3 N–H and O–H groups in total. The number of nitrogens with zero attached hydrogens (tertiary/aromatic N) is 1. The summed E-state index contributed by atoms with van der Waals surface area (Å²) >= 11 is 0. The van der Waals surface area contributed by atoms with E-state index in [1.807, 2.05) is 13.8 Å². The van der Waals surface area contributed by atoms with Gasteiger partial charge in [0.05, 0.1) is 0 Å². The summed E-state index contributed by atoms with van der Waals surface area (Å²) in [5.74, 6) is -0.464. The molecule has 1 rings (SSSR count). The maximum absolute atomic E-state index is 11.9. The predicted octanol–water partition coefficient (Wildman–Crippen LogP) is 1.07. The topological polar surface area (TPSA) is 102 Å². The van der Waals surface area contributed by atoms with Gasteiger partial charge in [-0.1, -0.05) is 33.8 Å².